The molecule has 5 N–H and O–H groups in total. The molecule has 2 aromatic heterocycles. The van der Waals surface area contributed by atoms with E-state index in [2.05, 4.69) is 26.9 Å². The van der Waals surface area contributed by atoms with Crippen LogP contribution in [-0.2, 0) is 9.47 Å². The Hall–Kier alpha value is -2.27. The summed E-state index contributed by atoms with van der Waals surface area (Å²) in [5.74, 6) is 0.815. The largest absolute Gasteiger partial charge is 0.463 e. The molecule has 0 bridgehead atoms. The number of nitrogen functional groups attached to an aromatic ring is 2. The van der Waals surface area contributed by atoms with E-state index in [9.17, 15) is 0 Å². The van der Waals surface area contributed by atoms with Crippen molar-refractivity contribution in [3.05, 3.63) is 29.8 Å². The second-order valence-corrected chi connectivity index (χ2v) is 7.91. The first kappa shape index (κ1) is 23.0. The van der Waals surface area contributed by atoms with E-state index in [4.69, 9.17) is 42.4 Å². The van der Waals surface area contributed by atoms with Crippen molar-refractivity contribution in [2.45, 2.75) is 13.8 Å². The number of halogens is 1. The first-order valence-corrected chi connectivity index (χ1v) is 9.33. The van der Waals surface area contributed by atoms with E-state index >= 15 is 0 Å². The molecular formula is C18H27ClN6O4. The van der Waals surface area contributed by atoms with Crippen LogP contribution >= 0.6 is 11.6 Å². The molecule has 0 unspecified atom stereocenters. The fourth-order valence-corrected chi connectivity index (χ4v) is 2.24. The van der Waals surface area contributed by atoms with Gasteiger partial charge in [-0.25, -0.2) is 15.0 Å². The van der Waals surface area contributed by atoms with Crippen molar-refractivity contribution >= 4 is 23.2 Å². The van der Waals surface area contributed by atoms with E-state index in [0.717, 1.165) is 26.4 Å². The lowest BCUT2D eigenvalue weighted by atomic mass is 9.90. The van der Waals surface area contributed by atoms with Gasteiger partial charge in [-0.2, -0.15) is 4.98 Å². The molecule has 0 aromatic carbocycles. The maximum atomic E-state index is 8.57. The van der Waals surface area contributed by atoms with Crippen LogP contribution in [-0.4, -0.2) is 64.7 Å². The van der Waals surface area contributed by atoms with Crippen LogP contribution in [0.3, 0.4) is 0 Å². The summed E-state index contributed by atoms with van der Waals surface area (Å²) in [5, 5.41) is 8.75. The highest BCUT2D eigenvalue weighted by atomic mass is 35.5. The van der Waals surface area contributed by atoms with E-state index in [1.807, 2.05) is 6.92 Å². The van der Waals surface area contributed by atoms with Gasteiger partial charge in [0.25, 0.3) is 0 Å². The number of rotatable bonds is 4. The summed E-state index contributed by atoms with van der Waals surface area (Å²) in [6, 6.07) is 3.53. The molecule has 2 fully saturated rings. The van der Waals surface area contributed by atoms with Gasteiger partial charge in [0.15, 0.2) is 0 Å². The molecule has 4 rings (SSSR count). The quantitative estimate of drug-likeness (QED) is 0.608. The Morgan fingerprint density at radius 3 is 1.90 bits per heavy atom. The normalized spacial score (nSPS) is 17.9. The van der Waals surface area contributed by atoms with Gasteiger partial charge in [-0.3, -0.25) is 0 Å². The van der Waals surface area contributed by atoms with Crippen molar-refractivity contribution in [1.82, 2.24) is 19.9 Å². The molecule has 29 heavy (non-hydrogen) atoms. The molecule has 10 nitrogen and oxygen atoms in total. The van der Waals surface area contributed by atoms with Gasteiger partial charge >= 0.3 is 6.01 Å². The van der Waals surface area contributed by atoms with Crippen LogP contribution in [0.4, 0.5) is 11.6 Å². The van der Waals surface area contributed by atoms with Gasteiger partial charge in [0, 0.05) is 23.2 Å². The lowest BCUT2D eigenvalue weighted by Crippen LogP contribution is -2.44. The SMILES string of the molecule is CC1(CO)COC1.CC1(COc2nccc(N)n2)COC1.Nc1ccnc(Cl)n1. The molecule has 0 aliphatic carbocycles. The monoisotopic (exact) mass is 426 g/mol. The number of hydrogen-bond donors (Lipinski definition) is 3. The molecule has 0 amide bonds. The van der Waals surface area contributed by atoms with Gasteiger partial charge in [0.2, 0.25) is 5.28 Å². The Labute approximate surface area is 174 Å². The maximum absolute atomic E-state index is 8.57. The molecular weight excluding hydrogens is 400 g/mol. The predicted molar refractivity (Wildman–Crippen MR) is 108 cm³/mol. The van der Waals surface area contributed by atoms with Crippen molar-refractivity contribution in [2.24, 2.45) is 10.8 Å². The molecule has 0 saturated carbocycles. The van der Waals surface area contributed by atoms with E-state index in [-0.39, 0.29) is 22.7 Å². The third-order valence-corrected chi connectivity index (χ3v) is 4.22. The number of nitrogens with zero attached hydrogens (tertiary/aromatic N) is 4. The van der Waals surface area contributed by atoms with Crippen LogP contribution in [0.2, 0.25) is 5.28 Å². The number of aliphatic hydroxyl groups excluding tert-OH is 1. The summed E-state index contributed by atoms with van der Waals surface area (Å²) in [6.07, 6.45) is 3.09. The fraction of sp³-hybridized carbons (Fsp3) is 0.556. The van der Waals surface area contributed by atoms with Gasteiger partial charge in [0.05, 0.1) is 33.0 Å². The van der Waals surface area contributed by atoms with Crippen LogP contribution in [0.25, 0.3) is 0 Å². The van der Waals surface area contributed by atoms with E-state index in [0.29, 0.717) is 24.3 Å². The fourth-order valence-electron chi connectivity index (χ4n) is 2.09. The standard InChI is InChI=1S/C9H13N3O2.C5H10O2.C4H4ClN3/c1-9(4-13-5-9)6-14-8-11-3-2-7(10)12-8;1-5(2-6)3-7-4-5;5-4-7-2-1-3(6)8-4/h2-3H,4-6H2,1H3,(H2,10,11,12);6H,2-4H2,1H3;1-2H,(H2,6,7,8). The van der Waals surface area contributed by atoms with Crippen LogP contribution in [0.5, 0.6) is 6.01 Å². The predicted octanol–water partition coefficient (Wildman–Crippen LogP) is 1.20. The van der Waals surface area contributed by atoms with Gasteiger partial charge in [0.1, 0.15) is 18.2 Å². The average Bonchev–Trinajstić information content (AvgIpc) is 2.64. The molecule has 0 radical (unpaired) electrons. The van der Waals surface area contributed by atoms with Gasteiger partial charge in [-0.1, -0.05) is 13.8 Å². The molecule has 4 heterocycles. The Morgan fingerprint density at radius 2 is 1.55 bits per heavy atom. The Balaban J connectivity index is 0.000000170. The third kappa shape index (κ3) is 7.94. The summed E-state index contributed by atoms with van der Waals surface area (Å²) in [6.45, 7) is 7.85. The van der Waals surface area contributed by atoms with E-state index in [1.54, 1.807) is 18.3 Å². The molecule has 0 atom stereocenters. The summed E-state index contributed by atoms with van der Waals surface area (Å²) in [4.78, 5) is 15.1. The molecule has 2 aliphatic heterocycles. The first-order chi connectivity index (χ1) is 13.7. The highest BCUT2D eigenvalue weighted by Crippen LogP contribution is 2.26. The Kier molecular flexibility index (Phi) is 8.32. The minimum atomic E-state index is 0.0972. The summed E-state index contributed by atoms with van der Waals surface area (Å²) in [7, 11) is 0. The zero-order valence-corrected chi connectivity index (χ0v) is 17.3. The number of aliphatic hydroxyl groups is 1. The van der Waals surface area contributed by atoms with Crippen LogP contribution in [0.15, 0.2) is 24.5 Å². The third-order valence-electron chi connectivity index (χ3n) is 4.04. The lowest BCUT2D eigenvalue weighted by Gasteiger charge is -2.37. The molecule has 11 heteroatoms. The summed E-state index contributed by atoms with van der Waals surface area (Å²) < 4.78 is 15.4. The number of hydrogen-bond acceptors (Lipinski definition) is 10. The van der Waals surface area contributed by atoms with Gasteiger partial charge in [-0.15, -0.1) is 0 Å². The number of nitrogens with two attached hydrogens (primary N) is 2. The van der Waals surface area contributed by atoms with Crippen molar-refractivity contribution in [1.29, 1.82) is 0 Å². The molecule has 2 aliphatic rings. The smallest absolute Gasteiger partial charge is 0.318 e. The van der Waals surface area contributed by atoms with Crippen LogP contribution in [0, 0.1) is 10.8 Å². The van der Waals surface area contributed by atoms with Crippen molar-refractivity contribution in [2.75, 3.05) is 51.1 Å². The molecule has 2 saturated heterocycles. The molecule has 160 valence electrons. The van der Waals surface area contributed by atoms with E-state index in [1.165, 1.54) is 6.20 Å². The molecule has 2 aromatic rings. The topological polar surface area (TPSA) is 152 Å². The van der Waals surface area contributed by atoms with E-state index < -0.39 is 0 Å². The zero-order valence-electron chi connectivity index (χ0n) is 16.5. The Morgan fingerprint density at radius 1 is 1.00 bits per heavy atom. The van der Waals surface area contributed by atoms with Crippen molar-refractivity contribution < 1.29 is 19.3 Å². The van der Waals surface area contributed by atoms with Crippen LogP contribution in [0.1, 0.15) is 13.8 Å². The lowest BCUT2D eigenvalue weighted by molar-refractivity contribution is -0.125. The summed E-state index contributed by atoms with van der Waals surface area (Å²) in [5.41, 5.74) is 10.9. The highest BCUT2D eigenvalue weighted by molar-refractivity contribution is 6.28. The minimum Gasteiger partial charge on any atom is -0.463 e. The van der Waals surface area contributed by atoms with Crippen molar-refractivity contribution in [3.63, 3.8) is 0 Å². The average molecular weight is 427 g/mol. The second kappa shape index (κ2) is 10.5. The maximum Gasteiger partial charge on any atom is 0.318 e. The number of aromatic nitrogens is 4. The minimum absolute atomic E-state index is 0.0972. The van der Waals surface area contributed by atoms with Gasteiger partial charge in [-0.05, 0) is 23.7 Å². The summed E-state index contributed by atoms with van der Waals surface area (Å²) >= 11 is 5.34. The number of anilines is 2. The molecule has 0 spiro atoms. The number of ether oxygens (including phenoxy) is 3. The van der Waals surface area contributed by atoms with Gasteiger partial charge < -0.3 is 30.8 Å². The van der Waals surface area contributed by atoms with Crippen molar-refractivity contribution in [3.8, 4) is 6.01 Å². The van der Waals surface area contributed by atoms with Crippen LogP contribution < -0.4 is 16.2 Å². The zero-order chi connectivity index (χ0) is 21.3. The Bertz CT molecular complexity index is 751. The highest BCUT2D eigenvalue weighted by Gasteiger charge is 2.34. The second-order valence-electron chi connectivity index (χ2n) is 7.57. The first-order valence-electron chi connectivity index (χ1n) is 8.95.